The smallest absolute Gasteiger partial charge is 0.0595 e. The lowest BCUT2D eigenvalue weighted by molar-refractivity contribution is -0.0250. The van der Waals surface area contributed by atoms with Gasteiger partial charge in [-0.25, -0.2) is 0 Å². The Labute approximate surface area is 144 Å². The Morgan fingerprint density at radius 2 is 1.48 bits per heavy atom. The molecule has 1 aliphatic carbocycles. The van der Waals surface area contributed by atoms with Gasteiger partial charge < -0.3 is 10.0 Å². The molecule has 3 rings (SSSR count). The summed E-state index contributed by atoms with van der Waals surface area (Å²) in [4.78, 5) is 2.44. The van der Waals surface area contributed by atoms with Gasteiger partial charge in [0.05, 0.1) is 6.10 Å². The molecule has 0 amide bonds. The average Bonchev–Trinajstić information content (AvgIpc) is 2.63. The van der Waals surface area contributed by atoms with Crippen molar-refractivity contribution in [2.75, 3.05) is 13.6 Å². The summed E-state index contributed by atoms with van der Waals surface area (Å²) in [7, 11) is 2.20. The fraction of sp³-hybridized carbons (Fsp3) is 0.714. The molecular formula is C21H39NO. The van der Waals surface area contributed by atoms with Crippen LogP contribution in [0.2, 0.25) is 0 Å². The monoisotopic (exact) mass is 321 g/mol. The van der Waals surface area contributed by atoms with Crippen molar-refractivity contribution in [1.29, 1.82) is 0 Å². The lowest BCUT2D eigenvalue weighted by atomic mass is 9.77. The highest BCUT2D eigenvalue weighted by molar-refractivity contribution is 5.11. The van der Waals surface area contributed by atoms with Crippen LogP contribution in [0.15, 0.2) is 30.3 Å². The van der Waals surface area contributed by atoms with Crippen molar-refractivity contribution in [2.24, 2.45) is 5.92 Å². The number of hydrogen-bond donors (Lipinski definition) is 1. The second kappa shape index (κ2) is 13.6. The number of piperidine rings is 1. The van der Waals surface area contributed by atoms with E-state index >= 15 is 0 Å². The summed E-state index contributed by atoms with van der Waals surface area (Å²) in [6.45, 7) is 11.2. The molecule has 1 aromatic rings. The summed E-state index contributed by atoms with van der Waals surface area (Å²) in [5.41, 5.74) is 1.32. The summed E-state index contributed by atoms with van der Waals surface area (Å²) >= 11 is 0. The Bertz CT molecular complexity index is 347. The summed E-state index contributed by atoms with van der Waals surface area (Å²) in [5, 5.41) is 9.80. The number of rotatable bonds is 0. The van der Waals surface area contributed by atoms with Crippen LogP contribution in [-0.2, 0) is 0 Å². The molecule has 1 aromatic carbocycles. The highest BCUT2D eigenvalue weighted by Crippen LogP contribution is 2.34. The molecule has 3 unspecified atom stereocenters. The van der Waals surface area contributed by atoms with E-state index in [0.717, 1.165) is 13.0 Å². The number of hydrogen-bond acceptors (Lipinski definition) is 2. The van der Waals surface area contributed by atoms with E-state index in [1.165, 1.54) is 31.2 Å². The number of aliphatic hydroxyl groups is 1. The van der Waals surface area contributed by atoms with Crippen molar-refractivity contribution in [3.63, 3.8) is 0 Å². The van der Waals surface area contributed by atoms with Crippen LogP contribution in [0, 0.1) is 12.8 Å². The zero-order valence-electron chi connectivity index (χ0n) is 16.3. The van der Waals surface area contributed by atoms with Crippen molar-refractivity contribution >= 4 is 0 Å². The third-order valence-corrected chi connectivity index (χ3v) is 4.56. The van der Waals surface area contributed by atoms with E-state index in [1.807, 2.05) is 45.9 Å². The topological polar surface area (TPSA) is 23.5 Å². The van der Waals surface area contributed by atoms with E-state index in [9.17, 15) is 5.11 Å². The van der Waals surface area contributed by atoms with E-state index in [4.69, 9.17) is 0 Å². The Balaban J connectivity index is 0.000000377. The SMILES string of the molecule is CC.CC.CN1CCC(O)C2CCCCC21.Cc1ccccc1. The first-order valence-corrected chi connectivity index (χ1v) is 9.58. The molecular weight excluding hydrogens is 282 g/mol. The van der Waals surface area contributed by atoms with Gasteiger partial charge in [0.1, 0.15) is 0 Å². The van der Waals surface area contributed by atoms with Crippen molar-refractivity contribution in [3.8, 4) is 0 Å². The van der Waals surface area contributed by atoms with E-state index in [1.54, 1.807) is 0 Å². The Kier molecular flexibility index (Phi) is 13.1. The first kappa shape index (κ1) is 22.1. The molecule has 2 heteroatoms. The van der Waals surface area contributed by atoms with Crippen molar-refractivity contribution < 1.29 is 5.11 Å². The molecule has 2 fully saturated rings. The van der Waals surface area contributed by atoms with Crippen LogP contribution in [0.25, 0.3) is 0 Å². The summed E-state index contributed by atoms with van der Waals surface area (Å²) in [5.74, 6) is 0.581. The van der Waals surface area contributed by atoms with Crippen molar-refractivity contribution in [3.05, 3.63) is 35.9 Å². The standard InChI is InChI=1S/C10H19NO.C7H8.2C2H6/c1-11-7-6-10(12)8-4-2-3-5-9(8)11;1-7-5-3-2-4-6-7;2*1-2/h8-10,12H,2-7H2,1H3;2-6H,1H3;2*1-2H3. The summed E-state index contributed by atoms with van der Waals surface area (Å²) < 4.78 is 0. The van der Waals surface area contributed by atoms with Gasteiger partial charge in [-0.05, 0) is 33.2 Å². The molecule has 134 valence electrons. The minimum Gasteiger partial charge on any atom is -0.393 e. The van der Waals surface area contributed by atoms with Crippen molar-refractivity contribution in [2.45, 2.75) is 78.9 Å². The number of aryl methyl sites for hydroxylation is 1. The lowest BCUT2D eigenvalue weighted by Crippen LogP contribution is -2.50. The number of benzene rings is 1. The normalized spacial score (nSPS) is 26.1. The van der Waals surface area contributed by atoms with Crippen LogP contribution in [0.4, 0.5) is 0 Å². The van der Waals surface area contributed by atoms with Crippen LogP contribution in [0.3, 0.4) is 0 Å². The maximum atomic E-state index is 9.80. The molecule has 2 nitrogen and oxygen atoms in total. The highest BCUT2D eigenvalue weighted by atomic mass is 16.3. The molecule has 1 aliphatic heterocycles. The van der Waals surface area contributed by atoms with E-state index in [-0.39, 0.29) is 6.10 Å². The Morgan fingerprint density at radius 1 is 0.913 bits per heavy atom. The fourth-order valence-electron chi connectivity index (χ4n) is 3.39. The lowest BCUT2D eigenvalue weighted by Gasteiger charge is -2.44. The maximum absolute atomic E-state index is 9.80. The molecule has 23 heavy (non-hydrogen) atoms. The van der Waals surface area contributed by atoms with Crippen LogP contribution in [0.1, 0.15) is 65.4 Å². The van der Waals surface area contributed by atoms with Crippen LogP contribution >= 0.6 is 0 Å². The van der Waals surface area contributed by atoms with E-state index in [0.29, 0.717) is 12.0 Å². The van der Waals surface area contributed by atoms with Gasteiger partial charge >= 0.3 is 0 Å². The van der Waals surface area contributed by atoms with Crippen LogP contribution < -0.4 is 0 Å². The van der Waals surface area contributed by atoms with Gasteiger partial charge in [-0.15, -0.1) is 0 Å². The molecule has 0 aromatic heterocycles. The van der Waals surface area contributed by atoms with E-state index in [2.05, 4.69) is 31.0 Å². The molecule has 1 saturated carbocycles. The van der Waals surface area contributed by atoms with Crippen molar-refractivity contribution in [1.82, 2.24) is 4.90 Å². The molecule has 1 heterocycles. The predicted molar refractivity (Wildman–Crippen MR) is 103 cm³/mol. The molecule has 3 atom stereocenters. The first-order chi connectivity index (χ1) is 11.2. The Morgan fingerprint density at radius 3 is 1.96 bits per heavy atom. The molecule has 0 bridgehead atoms. The van der Waals surface area contributed by atoms with Gasteiger partial charge in [0.15, 0.2) is 0 Å². The third-order valence-electron chi connectivity index (χ3n) is 4.56. The first-order valence-electron chi connectivity index (χ1n) is 9.58. The van der Waals surface area contributed by atoms with Gasteiger partial charge in [-0.1, -0.05) is 76.4 Å². The van der Waals surface area contributed by atoms with Gasteiger partial charge in [0.2, 0.25) is 0 Å². The number of nitrogens with zero attached hydrogens (tertiary/aromatic N) is 1. The van der Waals surface area contributed by atoms with Gasteiger partial charge in [-0.3, -0.25) is 0 Å². The Hall–Kier alpha value is -0.860. The largest absolute Gasteiger partial charge is 0.393 e. The fourth-order valence-corrected chi connectivity index (χ4v) is 3.39. The summed E-state index contributed by atoms with van der Waals surface area (Å²) in [6.07, 6.45) is 6.21. The number of fused-ring (bicyclic) bond motifs is 1. The molecule has 2 aliphatic rings. The van der Waals surface area contributed by atoms with Crippen LogP contribution in [0.5, 0.6) is 0 Å². The molecule has 0 spiro atoms. The molecule has 1 saturated heterocycles. The molecule has 1 N–H and O–H groups in total. The zero-order valence-corrected chi connectivity index (χ0v) is 16.3. The minimum atomic E-state index is -0.00787. The maximum Gasteiger partial charge on any atom is 0.0595 e. The van der Waals surface area contributed by atoms with Gasteiger partial charge in [0, 0.05) is 18.5 Å². The number of aliphatic hydroxyl groups excluding tert-OH is 1. The zero-order chi connectivity index (χ0) is 17.7. The minimum absolute atomic E-state index is 0.00787. The molecule has 0 radical (unpaired) electrons. The average molecular weight is 322 g/mol. The van der Waals surface area contributed by atoms with E-state index < -0.39 is 0 Å². The summed E-state index contributed by atoms with van der Waals surface area (Å²) in [6, 6.07) is 10.9. The van der Waals surface area contributed by atoms with Gasteiger partial charge in [-0.2, -0.15) is 0 Å². The second-order valence-electron chi connectivity index (χ2n) is 6.01. The highest BCUT2D eigenvalue weighted by Gasteiger charge is 2.36. The second-order valence-corrected chi connectivity index (χ2v) is 6.01. The van der Waals surface area contributed by atoms with Gasteiger partial charge in [0.25, 0.3) is 0 Å². The predicted octanol–water partition coefficient (Wildman–Crippen LogP) is 5.29. The number of likely N-dealkylation sites (tertiary alicyclic amines) is 1. The third kappa shape index (κ3) is 7.99. The van der Waals surface area contributed by atoms with Crippen LogP contribution in [-0.4, -0.2) is 35.7 Å². The quantitative estimate of drug-likeness (QED) is 0.702.